The van der Waals surface area contributed by atoms with Crippen LogP contribution in [0.25, 0.3) is 0 Å². The van der Waals surface area contributed by atoms with Crippen molar-refractivity contribution < 1.29 is 14.7 Å². The van der Waals surface area contributed by atoms with E-state index in [4.69, 9.17) is 9.94 Å². The molecule has 5 nitrogen and oxygen atoms in total. The second kappa shape index (κ2) is 7.11. The molecule has 114 valence electrons. The number of nitrogens with one attached hydrogen (secondary N) is 1. The highest BCUT2D eigenvalue weighted by Crippen LogP contribution is 2.30. The molecule has 5 heteroatoms. The summed E-state index contributed by atoms with van der Waals surface area (Å²) in [5.41, 5.74) is 2.73. The van der Waals surface area contributed by atoms with Crippen molar-refractivity contribution in [3.63, 3.8) is 0 Å². The maximum atomic E-state index is 11.6. The highest BCUT2D eigenvalue weighted by molar-refractivity contribution is 6.02. The van der Waals surface area contributed by atoms with Crippen LogP contribution in [-0.2, 0) is 11.2 Å². The van der Waals surface area contributed by atoms with Gasteiger partial charge < -0.3 is 15.3 Å². The maximum absolute atomic E-state index is 11.6. The number of amides is 1. The minimum Gasteiger partial charge on any atom is -0.493 e. The lowest BCUT2D eigenvalue weighted by Crippen LogP contribution is -2.31. The van der Waals surface area contributed by atoms with Gasteiger partial charge in [-0.05, 0) is 39.2 Å². The van der Waals surface area contributed by atoms with Gasteiger partial charge in [0.05, 0.1) is 18.7 Å². The number of benzene rings is 1. The predicted octanol–water partition coefficient (Wildman–Crippen LogP) is 2.49. The molecule has 1 aromatic carbocycles. The summed E-state index contributed by atoms with van der Waals surface area (Å²) in [6, 6.07) is 5.88. The van der Waals surface area contributed by atoms with Gasteiger partial charge in [0.15, 0.2) is 0 Å². The lowest BCUT2D eigenvalue weighted by Gasteiger charge is -2.20. The van der Waals surface area contributed by atoms with E-state index in [0.29, 0.717) is 18.7 Å². The van der Waals surface area contributed by atoms with Crippen LogP contribution in [0, 0.1) is 0 Å². The number of rotatable bonds is 5. The van der Waals surface area contributed by atoms with Gasteiger partial charge in [-0.25, -0.2) is 0 Å². The first-order chi connectivity index (χ1) is 10.1. The summed E-state index contributed by atoms with van der Waals surface area (Å²) in [5, 5.41) is 15.3. The Kier molecular flexibility index (Phi) is 5.20. The number of hydrogen-bond donors (Lipinski definition) is 2. The average Bonchev–Trinajstić information content (AvgIpc) is 2.46. The molecule has 0 fully saturated rings. The monoisotopic (exact) mass is 290 g/mol. The van der Waals surface area contributed by atoms with Crippen LogP contribution in [0.5, 0.6) is 5.75 Å². The quantitative estimate of drug-likeness (QED) is 0.646. The van der Waals surface area contributed by atoms with Crippen LogP contribution in [0.1, 0.15) is 44.2 Å². The largest absolute Gasteiger partial charge is 0.493 e. The second-order valence-electron chi connectivity index (χ2n) is 5.50. The molecule has 0 bridgehead atoms. The lowest BCUT2D eigenvalue weighted by atomic mass is 9.89. The Labute approximate surface area is 125 Å². The molecule has 0 radical (unpaired) electrons. The first-order valence-corrected chi connectivity index (χ1v) is 7.37. The zero-order valence-corrected chi connectivity index (χ0v) is 12.6. The molecule has 0 aliphatic heterocycles. The van der Waals surface area contributed by atoms with Crippen molar-refractivity contribution in [3.8, 4) is 5.75 Å². The van der Waals surface area contributed by atoms with Gasteiger partial charge in [-0.15, -0.1) is 0 Å². The van der Waals surface area contributed by atoms with E-state index in [-0.39, 0.29) is 11.9 Å². The Balaban J connectivity index is 2.00. The van der Waals surface area contributed by atoms with Gasteiger partial charge >= 0.3 is 0 Å². The van der Waals surface area contributed by atoms with Gasteiger partial charge in [0, 0.05) is 17.2 Å². The Morgan fingerprint density at radius 2 is 2.24 bits per heavy atom. The van der Waals surface area contributed by atoms with Gasteiger partial charge in [-0.2, -0.15) is 0 Å². The molecule has 2 rings (SSSR count). The number of oxime groups is 1. The van der Waals surface area contributed by atoms with Crippen molar-refractivity contribution in [2.45, 2.75) is 45.6 Å². The zero-order chi connectivity index (χ0) is 15.2. The fourth-order valence-corrected chi connectivity index (χ4v) is 2.55. The predicted molar refractivity (Wildman–Crippen MR) is 81.1 cm³/mol. The van der Waals surface area contributed by atoms with E-state index in [9.17, 15) is 4.79 Å². The molecule has 0 aromatic heterocycles. The number of nitrogens with zero attached hydrogens (tertiary/aromatic N) is 1. The highest BCUT2D eigenvalue weighted by atomic mass is 16.5. The Morgan fingerprint density at radius 1 is 1.43 bits per heavy atom. The minimum absolute atomic E-state index is 0.00703. The normalized spacial score (nSPS) is 15.9. The standard InChI is InChI=1S/C16H22N2O3/c1-11(2)17-16(19)9-10-21-15-8-4-5-12-13(15)6-3-7-14(12)18-20/h4-5,8,11,20H,3,6-7,9-10H2,1-2H3,(H,17,19). The van der Waals surface area contributed by atoms with Crippen LogP contribution < -0.4 is 10.1 Å². The summed E-state index contributed by atoms with van der Waals surface area (Å²) in [6.07, 6.45) is 2.97. The topological polar surface area (TPSA) is 70.9 Å². The van der Waals surface area contributed by atoms with E-state index in [1.807, 2.05) is 32.0 Å². The summed E-state index contributed by atoms with van der Waals surface area (Å²) in [4.78, 5) is 11.6. The van der Waals surface area contributed by atoms with Crippen LogP contribution in [0.15, 0.2) is 23.4 Å². The molecule has 1 aliphatic carbocycles. The van der Waals surface area contributed by atoms with E-state index < -0.39 is 0 Å². The van der Waals surface area contributed by atoms with Gasteiger partial charge in [-0.1, -0.05) is 17.3 Å². The molecule has 0 spiro atoms. The lowest BCUT2D eigenvalue weighted by molar-refractivity contribution is -0.122. The van der Waals surface area contributed by atoms with Crippen LogP contribution in [0.2, 0.25) is 0 Å². The molecule has 0 saturated carbocycles. The Morgan fingerprint density at radius 3 is 2.95 bits per heavy atom. The molecule has 1 aromatic rings. The number of ether oxygens (including phenoxy) is 1. The van der Waals surface area contributed by atoms with Crippen LogP contribution in [-0.4, -0.2) is 29.5 Å². The minimum atomic E-state index is -0.00703. The first kappa shape index (κ1) is 15.4. The smallest absolute Gasteiger partial charge is 0.223 e. The van der Waals surface area contributed by atoms with E-state index >= 15 is 0 Å². The SMILES string of the molecule is CC(C)NC(=O)CCOc1cccc2c1CCCC2=NO. The number of carbonyl (C=O) groups is 1. The molecular formula is C16H22N2O3. The molecule has 0 atom stereocenters. The van der Waals surface area contributed by atoms with Gasteiger partial charge in [0.1, 0.15) is 5.75 Å². The highest BCUT2D eigenvalue weighted by Gasteiger charge is 2.19. The third-order valence-electron chi connectivity index (χ3n) is 3.44. The Bertz CT molecular complexity index is 538. The van der Waals surface area contributed by atoms with Gasteiger partial charge in [0.25, 0.3) is 0 Å². The fourth-order valence-electron chi connectivity index (χ4n) is 2.55. The summed E-state index contributed by atoms with van der Waals surface area (Å²) >= 11 is 0. The number of carbonyl (C=O) groups excluding carboxylic acids is 1. The molecule has 0 heterocycles. The van der Waals surface area contributed by atoms with E-state index in [0.717, 1.165) is 36.1 Å². The van der Waals surface area contributed by atoms with E-state index in [1.54, 1.807) is 0 Å². The second-order valence-corrected chi connectivity index (χ2v) is 5.50. The van der Waals surface area contributed by atoms with Gasteiger partial charge in [-0.3, -0.25) is 4.79 Å². The Hall–Kier alpha value is -2.04. The first-order valence-electron chi connectivity index (χ1n) is 7.37. The van der Waals surface area contributed by atoms with Crippen molar-refractivity contribution in [2.75, 3.05) is 6.61 Å². The summed E-state index contributed by atoms with van der Waals surface area (Å²) in [7, 11) is 0. The summed E-state index contributed by atoms with van der Waals surface area (Å²) < 4.78 is 5.75. The number of hydrogen-bond acceptors (Lipinski definition) is 4. The molecule has 2 N–H and O–H groups in total. The van der Waals surface area contributed by atoms with Crippen LogP contribution in [0.4, 0.5) is 0 Å². The maximum Gasteiger partial charge on any atom is 0.223 e. The van der Waals surface area contributed by atoms with Crippen molar-refractivity contribution in [2.24, 2.45) is 5.16 Å². The number of fused-ring (bicyclic) bond motifs is 1. The third-order valence-corrected chi connectivity index (χ3v) is 3.44. The van der Waals surface area contributed by atoms with E-state index in [2.05, 4.69) is 10.5 Å². The molecule has 1 aliphatic rings. The molecule has 21 heavy (non-hydrogen) atoms. The zero-order valence-electron chi connectivity index (χ0n) is 12.6. The molecule has 0 unspecified atom stereocenters. The molecule has 1 amide bonds. The van der Waals surface area contributed by atoms with Crippen molar-refractivity contribution in [3.05, 3.63) is 29.3 Å². The van der Waals surface area contributed by atoms with Crippen molar-refractivity contribution in [1.29, 1.82) is 0 Å². The fraction of sp³-hybridized carbons (Fsp3) is 0.500. The summed E-state index contributed by atoms with van der Waals surface area (Å²) in [5.74, 6) is 0.776. The third kappa shape index (κ3) is 3.97. The van der Waals surface area contributed by atoms with Crippen LogP contribution >= 0.6 is 0 Å². The van der Waals surface area contributed by atoms with Gasteiger partial charge in [0.2, 0.25) is 5.91 Å². The van der Waals surface area contributed by atoms with E-state index in [1.165, 1.54) is 0 Å². The molecular weight excluding hydrogens is 268 g/mol. The van der Waals surface area contributed by atoms with Crippen molar-refractivity contribution in [1.82, 2.24) is 5.32 Å². The summed E-state index contributed by atoms with van der Waals surface area (Å²) in [6.45, 7) is 4.21. The average molecular weight is 290 g/mol. The van der Waals surface area contributed by atoms with Crippen LogP contribution in [0.3, 0.4) is 0 Å². The molecule has 0 saturated heterocycles. The van der Waals surface area contributed by atoms with Crippen molar-refractivity contribution >= 4 is 11.6 Å².